The molecule has 0 saturated heterocycles. The average molecular weight is 513 g/mol. The van der Waals surface area contributed by atoms with Gasteiger partial charge in [-0.15, -0.1) is 0 Å². The Morgan fingerprint density at radius 1 is 0.892 bits per heavy atom. The fourth-order valence-electron chi connectivity index (χ4n) is 4.54. The minimum absolute atomic E-state index is 0.102. The number of methoxy groups -OCH3 is 4. The largest absolute Gasteiger partial charge is 0.493 e. The standard InChI is InChI=1S/C27H26F2N2O6/c1-34-21-11-9-15-16(13-20(21)32)19(30-27(33)31-24-17(28)6-5-7-18(24)29)10-8-14-12-22(35-2)25(36-3)26(37-4)23(14)15/h5-7,9,11-13,19H,8,10H2,1-4H3,(H2,30,31,33)/t19-/m0/s1. The maximum absolute atomic E-state index is 14.1. The van der Waals surface area contributed by atoms with Crippen LogP contribution in [0, 0.1) is 11.6 Å². The van der Waals surface area contributed by atoms with Crippen molar-refractivity contribution in [3.63, 3.8) is 0 Å². The molecule has 0 aromatic heterocycles. The van der Waals surface area contributed by atoms with Crippen LogP contribution in [0.3, 0.4) is 0 Å². The highest BCUT2D eigenvalue weighted by Crippen LogP contribution is 2.50. The van der Waals surface area contributed by atoms with Crippen molar-refractivity contribution in [2.75, 3.05) is 33.8 Å². The molecule has 3 aromatic carbocycles. The lowest BCUT2D eigenvalue weighted by atomic mass is 9.95. The van der Waals surface area contributed by atoms with E-state index in [4.69, 9.17) is 18.9 Å². The Hall–Kier alpha value is -4.34. The number of rotatable bonds is 6. The summed E-state index contributed by atoms with van der Waals surface area (Å²) in [5.41, 5.74) is 1.59. The van der Waals surface area contributed by atoms with E-state index in [-0.39, 0.29) is 5.75 Å². The molecule has 1 aliphatic carbocycles. The summed E-state index contributed by atoms with van der Waals surface area (Å²) in [6.45, 7) is 0. The highest BCUT2D eigenvalue weighted by atomic mass is 19.1. The molecule has 0 radical (unpaired) electrons. The van der Waals surface area contributed by atoms with Gasteiger partial charge in [-0.1, -0.05) is 12.1 Å². The Balaban J connectivity index is 1.86. The highest BCUT2D eigenvalue weighted by molar-refractivity contribution is 5.90. The number of carbonyl (C=O) groups is 1. The number of ether oxygens (including phenoxy) is 4. The van der Waals surface area contributed by atoms with Crippen LogP contribution in [0.4, 0.5) is 19.3 Å². The predicted octanol–water partition coefficient (Wildman–Crippen LogP) is 4.84. The summed E-state index contributed by atoms with van der Waals surface area (Å²) in [5.74, 6) is -0.493. The molecule has 4 rings (SSSR count). The first-order valence-corrected chi connectivity index (χ1v) is 11.4. The van der Waals surface area contributed by atoms with Gasteiger partial charge in [0, 0.05) is 5.56 Å². The zero-order chi connectivity index (χ0) is 26.7. The topological polar surface area (TPSA) is 95.1 Å². The maximum atomic E-state index is 14.1. The monoisotopic (exact) mass is 512 g/mol. The molecule has 2 N–H and O–H groups in total. The smallest absolute Gasteiger partial charge is 0.319 e. The highest BCUT2D eigenvalue weighted by Gasteiger charge is 2.30. The van der Waals surface area contributed by atoms with Crippen molar-refractivity contribution in [1.29, 1.82) is 0 Å². The molecule has 0 unspecified atom stereocenters. The molecular formula is C27H26F2N2O6. The SMILES string of the molecule is COc1cc2c(c(OC)c1OC)-c1ccc(OC)c(=O)cc1[C@@H](NC(=O)Nc1c(F)cccc1F)CC2. The van der Waals surface area contributed by atoms with Gasteiger partial charge in [0.25, 0.3) is 0 Å². The number of urea groups is 1. The lowest BCUT2D eigenvalue weighted by Crippen LogP contribution is -2.33. The van der Waals surface area contributed by atoms with Gasteiger partial charge in [0.1, 0.15) is 17.3 Å². The van der Waals surface area contributed by atoms with Gasteiger partial charge >= 0.3 is 6.03 Å². The van der Waals surface area contributed by atoms with Crippen LogP contribution < -0.4 is 35.0 Å². The third-order valence-electron chi connectivity index (χ3n) is 6.23. The third kappa shape index (κ3) is 4.87. The number of benzene rings is 2. The predicted molar refractivity (Wildman–Crippen MR) is 134 cm³/mol. The average Bonchev–Trinajstić information content (AvgIpc) is 3.13. The van der Waals surface area contributed by atoms with Gasteiger partial charge in [-0.3, -0.25) is 4.79 Å². The van der Waals surface area contributed by atoms with Crippen molar-refractivity contribution >= 4 is 11.7 Å². The van der Waals surface area contributed by atoms with Crippen LogP contribution in [0.2, 0.25) is 0 Å². The number of aryl methyl sites for hydroxylation is 1. The van der Waals surface area contributed by atoms with Crippen LogP contribution in [0.25, 0.3) is 11.1 Å². The summed E-state index contributed by atoms with van der Waals surface area (Å²) in [7, 11) is 5.89. The van der Waals surface area contributed by atoms with E-state index in [1.807, 2.05) is 6.07 Å². The quantitative estimate of drug-likeness (QED) is 0.491. The normalized spacial score (nSPS) is 13.9. The van der Waals surface area contributed by atoms with E-state index in [0.717, 1.165) is 17.7 Å². The summed E-state index contributed by atoms with van der Waals surface area (Å²) >= 11 is 0. The van der Waals surface area contributed by atoms with Gasteiger partial charge < -0.3 is 29.6 Å². The second-order valence-corrected chi connectivity index (χ2v) is 8.25. The lowest BCUT2D eigenvalue weighted by molar-refractivity contribution is 0.247. The molecule has 0 fully saturated rings. The first kappa shape index (κ1) is 25.7. The molecule has 37 heavy (non-hydrogen) atoms. The first-order valence-electron chi connectivity index (χ1n) is 11.4. The number of halogens is 2. The molecule has 0 saturated carbocycles. The van der Waals surface area contributed by atoms with Gasteiger partial charge in [0.2, 0.25) is 11.2 Å². The number of carbonyl (C=O) groups excluding carboxylic acids is 1. The molecule has 8 nitrogen and oxygen atoms in total. The Morgan fingerprint density at radius 2 is 1.57 bits per heavy atom. The number of fused-ring (bicyclic) bond motifs is 3. The fourth-order valence-corrected chi connectivity index (χ4v) is 4.54. The molecule has 0 aliphatic heterocycles. The van der Waals surface area contributed by atoms with E-state index in [0.29, 0.717) is 46.8 Å². The van der Waals surface area contributed by atoms with Crippen LogP contribution in [-0.4, -0.2) is 34.5 Å². The van der Waals surface area contributed by atoms with Gasteiger partial charge in [-0.05, 0) is 59.9 Å². The lowest BCUT2D eigenvalue weighted by Gasteiger charge is -2.20. The van der Waals surface area contributed by atoms with Crippen LogP contribution in [0.5, 0.6) is 23.0 Å². The summed E-state index contributed by atoms with van der Waals surface area (Å²) in [4.78, 5) is 25.8. The van der Waals surface area contributed by atoms with Crippen molar-refractivity contribution in [1.82, 2.24) is 5.32 Å². The van der Waals surface area contributed by atoms with Gasteiger partial charge in [0.05, 0.1) is 34.5 Å². The van der Waals surface area contributed by atoms with Crippen molar-refractivity contribution in [2.24, 2.45) is 0 Å². The second kappa shape index (κ2) is 10.7. The number of nitrogens with one attached hydrogen (secondary N) is 2. The fraction of sp³-hybridized carbons (Fsp3) is 0.259. The van der Waals surface area contributed by atoms with E-state index in [1.54, 1.807) is 6.07 Å². The minimum atomic E-state index is -0.911. The van der Waals surface area contributed by atoms with E-state index < -0.39 is 34.8 Å². The van der Waals surface area contributed by atoms with E-state index in [9.17, 15) is 18.4 Å². The Morgan fingerprint density at radius 3 is 2.19 bits per heavy atom. The number of hydrogen-bond donors (Lipinski definition) is 2. The van der Waals surface area contributed by atoms with Crippen LogP contribution >= 0.6 is 0 Å². The molecule has 3 aromatic rings. The number of amides is 2. The Labute approximate surface area is 212 Å². The first-order chi connectivity index (χ1) is 17.8. The Kier molecular flexibility index (Phi) is 7.47. The zero-order valence-corrected chi connectivity index (χ0v) is 20.7. The van der Waals surface area contributed by atoms with Crippen molar-refractivity contribution in [3.05, 3.63) is 75.4 Å². The van der Waals surface area contributed by atoms with Gasteiger partial charge in [-0.2, -0.15) is 0 Å². The van der Waals surface area contributed by atoms with E-state index >= 15 is 0 Å². The molecule has 0 bridgehead atoms. The zero-order valence-electron chi connectivity index (χ0n) is 20.7. The summed E-state index contributed by atoms with van der Waals surface area (Å²) in [6, 6.07) is 8.19. The van der Waals surface area contributed by atoms with Crippen LogP contribution in [0.1, 0.15) is 23.6 Å². The number of hydrogen-bond acceptors (Lipinski definition) is 6. The number of para-hydroxylation sites is 1. The molecular weight excluding hydrogens is 486 g/mol. The molecule has 194 valence electrons. The molecule has 0 heterocycles. The molecule has 2 amide bonds. The number of anilines is 1. The third-order valence-corrected chi connectivity index (χ3v) is 6.23. The van der Waals surface area contributed by atoms with Gasteiger partial charge in [0.15, 0.2) is 17.2 Å². The summed E-state index contributed by atoms with van der Waals surface area (Å²) in [6.07, 6.45) is 0.812. The maximum Gasteiger partial charge on any atom is 0.319 e. The summed E-state index contributed by atoms with van der Waals surface area (Å²) < 4.78 is 50.2. The van der Waals surface area contributed by atoms with Crippen LogP contribution in [0.15, 0.2) is 47.3 Å². The second-order valence-electron chi connectivity index (χ2n) is 8.25. The summed E-state index contributed by atoms with van der Waals surface area (Å²) in [5, 5.41) is 4.99. The molecule has 1 atom stereocenters. The minimum Gasteiger partial charge on any atom is -0.493 e. The molecule has 0 spiro atoms. The van der Waals surface area contributed by atoms with Crippen molar-refractivity contribution in [2.45, 2.75) is 18.9 Å². The van der Waals surface area contributed by atoms with E-state index in [2.05, 4.69) is 10.6 Å². The van der Waals surface area contributed by atoms with E-state index in [1.165, 1.54) is 46.6 Å². The van der Waals surface area contributed by atoms with Gasteiger partial charge in [-0.25, -0.2) is 13.6 Å². The van der Waals surface area contributed by atoms with Crippen molar-refractivity contribution < 1.29 is 32.5 Å². The van der Waals surface area contributed by atoms with Crippen LogP contribution in [-0.2, 0) is 6.42 Å². The van der Waals surface area contributed by atoms with Crippen molar-refractivity contribution in [3.8, 4) is 34.1 Å². The Bertz CT molecular complexity index is 1390. The molecule has 10 heteroatoms. The molecule has 1 aliphatic rings.